The third-order valence-electron chi connectivity index (χ3n) is 8.50. The lowest BCUT2D eigenvalue weighted by atomic mass is 10.1. The zero-order valence-electron chi connectivity index (χ0n) is 25.8. The fourth-order valence-electron chi connectivity index (χ4n) is 5.90. The number of aryl methyl sites for hydroxylation is 1. The van der Waals surface area contributed by atoms with Crippen molar-refractivity contribution in [2.75, 3.05) is 0 Å². The topological polar surface area (TPSA) is 103 Å². The van der Waals surface area contributed by atoms with Crippen molar-refractivity contribution in [2.24, 2.45) is 0 Å². The molecule has 2 aromatic heterocycles. The number of hydrogen-bond acceptors (Lipinski definition) is 5. The first-order valence-corrected chi connectivity index (χ1v) is 16.6. The molecule has 1 aliphatic carbocycles. The predicted octanol–water partition coefficient (Wildman–Crippen LogP) is 6.06. The van der Waals surface area contributed by atoms with Crippen molar-refractivity contribution in [3.05, 3.63) is 127 Å². The van der Waals surface area contributed by atoms with Crippen LogP contribution in [0.5, 0.6) is 5.75 Å². The number of hydrogen-bond donors (Lipinski definition) is 1. The van der Waals surface area contributed by atoms with Gasteiger partial charge in [-0.05, 0) is 102 Å². The molecule has 1 atom stereocenters. The van der Waals surface area contributed by atoms with Crippen LogP contribution in [0, 0.1) is 6.92 Å². The molecule has 3 aromatic carbocycles. The predicted molar refractivity (Wildman–Crippen MR) is 182 cm³/mol. The Kier molecular flexibility index (Phi) is 8.27. The number of nitrogens with one attached hydrogen (secondary N) is 1. The van der Waals surface area contributed by atoms with Gasteiger partial charge in [-0.3, -0.25) is 18.7 Å². The molecular formula is C35H32BrClN6O4. The van der Waals surface area contributed by atoms with Gasteiger partial charge in [0.25, 0.3) is 11.8 Å². The Balaban J connectivity index is 1.26. The van der Waals surface area contributed by atoms with E-state index >= 15 is 0 Å². The normalized spacial score (nSPS) is 15.7. The molecule has 0 bridgehead atoms. The highest BCUT2D eigenvalue weighted by Gasteiger charge is 2.35. The Morgan fingerprint density at radius 2 is 1.85 bits per heavy atom. The molecule has 1 aliphatic heterocycles. The fraction of sp³-hybridized carbons (Fsp3) is 0.257. The monoisotopic (exact) mass is 714 g/mol. The standard InChI is InChI=1S/C35H32BrClN6O4/c1-21-16-39-42(18-21)30-6-4-3-5-24(30)17-38-33(44)32-31-20-40(34(45)23-7-14-28(36)29(37)15-23)22(2)19-41(31)35(46)43(32)25-8-10-26(11-9-25)47-27-12-13-27/h3-11,14-16,18,22,27H,12-13,17,19-20H2,1-2H3,(H,38,44)/t22-/m1/s1. The number of carbonyl (C=O) groups excluding carboxylic acids is 2. The number of imidazole rings is 1. The van der Waals surface area contributed by atoms with Crippen molar-refractivity contribution in [1.29, 1.82) is 0 Å². The first-order valence-electron chi connectivity index (χ1n) is 15.4. The summed E-state index contributed by atoms with van der Waals surface area (Å²) in [5, 5.41) is 7.91. The van der Waals surface area contributed by atoms with E-state index in [0.717, 1.165) is 29.7 Å². The second-order valence-electron chi connectivity index (χ2n) is 12.0. The summed E-state index contributed by atoms with van der Waals surface area (Å²) < 4.78 is 11.4. The van der Waals surface area contributed by atoms with Gasteiger partial charge in [0, 0.05) is 35.4 Å². The number of para-hydroxylation sites is 1. The van der Waals surface area contributed by atoms with Crippen LogP contribution < -0.4 is 15.7 Å². The molecule has 2 aliphatic rings. The molecule has 1 fully saturated rings. The van der Waals surface area contributed by atoms with Gasteiger partial charge < -0.3 is 15.0 Å². The van der Waals surface area contributed by atoms with Gasteiger partial charge in [0.05, 0.1) is 40.9 Å². The summed E-state index contributed by atoms with van der Waals surface area (Å²) in [4.78, 5) is 43.8. The molecule has 0 spiro atoms. The van der Waals surface area contributed by atoms with Crippen molar-refractivity contribution in [2.45, 2.75) is 58.5 Å². The number of carbonyl (C=O) groups is 2. The summed E-state index contributed by atoms with van der Waals surface area (Å²) in [6, 6.07) is 19.6. The molecule has 1 saturated carbocycles. The number of benzene rings is 3. The van der Waals surface area contributed by atoms with Crippen molar-refractivity contribution < 1.29 is 14.3 Å². The lowest BCUT2D eigenvalue weighted by Gasteiger charge is -2.34. The van der Waals surface area contributed by atoms with Crippen molar-refractivity contribution in [1.82, 2.24) is 29.1 Å². The quantitative estimate of drug-likeness (QED) is 0.210. The van der Waals surface area contributed by atoms with Crippen molar-refractivity contribution in [3.63, 3.8) is 0 Å². The molecular weight excluding hydrogens is 684 g/mol. The van der Waals surface area contributed by atoms with E-state index in [4.69, 9.17) is 16.3 Å². The van der Waals surface area contributed by atoms with Gasteiger partial charge in [-0.1, -0.05) is 29.8 Å². The zero-order valence-corrected chi connectivity index (χ0v) is 28.2. The molecule has 47 heavy (non-hydrogen) atoms. The minimum Gasteiger partial charge on any atom is -0.490 e. The highest BCUT2D eigenvalue weighted by atomic mass is 79.9. The summed E-state index contributed by atoms with van der Waals surface area (Å²) in [5.74, 6) is 0.0345. The lowest BCUT2D eigenvalue weighted by Crippen LogP contribution is -2.47. The van der Waals surface area contributed by atoms with E-state index in [1.165, 1.54) is 4.57 Å². The van der Waals surface area contributed by atoms with Crippen LogP contribution in [0.2, 0.25) is 5.02 Å². The van der Waals surface area contributed by atoms with E-state index in [9.17, 15) is 14.4 Å². The first kappa shape index (κ1) is 31.0. The van der Waals surface area contributed by atoms with Crippen LogP contribution in [0.25, 0.3) is 11.4 Å². The Morgan fingerprint density at radius 3 is 2.55 bits per heavy atom. The Morgan fingerprint density at radius 1 is 1.09 bits per heavy atom. The average Bonchev–Trinajstić information content (AvgIpc) is 3.71. The van der Waals surface area contributed by atoms with Crippen molar-refractivity contribution in [3.8, 4) is 17.1 Å². The fourth-order valence-corrected chi connectivity index (χ4v) is 6.32. The third kappa shape index (κ3) is 6.13. The summed E-state index contributed by atoms with van der Waals surface area (Å²) in [6.45, 7) is 4.33. The number of aromatic nitrogens is 4. The minimum absolute atomic E-state index is 0.0602. The maximum atomic E-state index is 14.2. The molecule has 0 radical (unpaired) electrons. The van der Waals surface area contributed by atoms with Gasteiger partial charge in [0.15, 0.2) is 0 Å². The second-order valence-corrected chi connectivity index (χ2v) is 13.3. The Labute approximate surface area is 284 Å². The minimum atomic E-state index is -0.436. The van der Waals surface area contributed by atoms with E-state index in [0.29, 0.717) is 32.2 Å². The third-order valence-corrected chi connectivity index (χ3v) is 9.73. The molecule has 0 saturated heterocycles. The second kappa shape index (κ2) is 12.5. The summed E-state index contributed by atoms with van der Waals surface area (Å²) in [7, 11) is 0. The smallest absolute Gasteiger partial charge is 0.333 e. The van der Waals surface area contributed by atoms with Crippen LogP contribution >= 0.6 is 27.5 Å². The van der Waals surface area contributed by atoms with Crippen molar-refractivity contribution >= 4 is 39.3 Å². The molecule has 7 rings (SSSR count). The maximum Gasteiger partial charge on any atom is 0.333 e. The van der Waals surface area contributed by atoms with E-state index in [2.05, 4.69) is 26.3 Å². The molecule has 0 unspecified atom stereocenters. The summed E-state index contributed by atoms with van der Waals surface area (Å²) >= 11 is 9.70. The SMILES string of the molecule is Cc1cnn(-c2ccccc2CNC(=O)c2c3n(c(=O)n2-c2ccc(OC4CC4)cc2)C[C@@H](C)N(C(=O)c2ccc(Br)c(Cl)c2)C3)c1. The Bertz CT molecular complexity index is 2060. The highest BCUT2D eigenvalue weighted by Crippen LogP contribution is 2.30. The molecule has 2 amide bonds. The highest BCUT2D eigenvalue weighted by molar-refractivity contribution is 9.10. The van der Waals surface area contributed by atoms with Crippen LogP contribution in [-0.4, -0.2) is 47.8 Å². The van der Waals surface area contributed by atoms with Gasteiger partial charge in [-0.2, -0.15) is 5.10 Å². The number of nitrogens with zero attached hydrogens (tertiary/aromatic N) is 5. The molecule has 1 N–H and O–H groups in total. The van der Waals surface area contributed by atoms with E-state index in [1.807, 2.05) is 56.4 Å². The van der Waals surface area contributed by atoms with Crippen LogP contribution in [0.1, 0.15) is 57.4 Å². The van der Waals surface area contributed by atoms with Crippen LogP contribution in [0.4, 0.5) is 0 Å². The van der Waals surface area contributed by atoms with Gasteiger partial charge in [0.2, 0.25) is 0 Å². The zero-order chi connectivity index (χ0) is 32.8. The van der Waals surface area contributed by atoms with Gasteiger partial charge in [-0.25, -0.2) is 9.48 Å². The first-order chi connectivity index (χ1) is 22.7. The van der Waals surface area contributed by atoms with Gasteiger partial charge >= 0.3 is 5.69 Å². The Hall–Kier alpha value is -4.61. The number of ether oxygens (including phenoxy) is 1. The van der Waals surface area contributed by atoms with E-state index in [-0.39, 0.29) is 49.1 Å². The molecule has 5 aromatic rings. The lowest BCUT2D eigenvalue weighted by molar-refractivity contribution is 0.0610. The molecule has 12 heteroatoms. The van der Waals surface area contributed by atoms with Crippen LogP contribution in [0.3, 0.4) is 0 Å². The molecule has 10 nitrogen and oxygen atoms in total. The number of fused-ring (bicyclic) bond motifs is 1. The maximum absolute atomic E-state index is 14.2. The summed E-state index contributed by atoms with van der Waals surface area (Å²) in [6.07, 6.45) is 5.98. The summed E-state index contributed by atoms with van der Waals surface area (Å²) in [5.41, 5.74) is 3.94. The van der Waals surface area contributed by atoms with Crippen LogP contribution in [-0.2, 0) is 19.6 Å². The number of rotatable bonds is 8. The average molecular weight is 716 g/mol. The van der Waals surface area contributed by atoms with Gasteiger partial charge in [-0.15, -0.1) is 0 Å². The number of halogens is 2. The van der Waals surface area contributed by atoms with Crippen LogP contribution in [0.15, 0.2) is 88.4 Å². The largest absolute Gasteiger partial charge is 0.490 e. The van der Waals surface area contributed by atoms with E-state index in [1.54, 1.807) is 50.7 Å². The van der Waals surface area contributed by atoms with Gasteiger partial charge in [0.1, 0.15) is 11.4 Å². The molecule has 3 heterocycles. The molecule has 240 valence electrons. The van der Waals surface area contributed by atoms with E-state index < -0.39 is 5.91 Å². The number of amides is 2.